The van der Waals surface area contributed by atoms with Crippen LogP contribution in [0, 0.1) is 5.92 Å². The third kappa shape index (κ3) is 3.34. The Morgan fingerprint density at radius 3 is 2.88 bits per heavy atom. The zero-order valence-corrected chi connectivity index (χ0v) is 15.1. The molecule has 3 aromatic heterocycles. The highest BCUT2D eigenvalue weighted by Gasteiger charge is 2.21. The van der Waals surface area contributed by atoms with E-state index in [2.05, 4.69) is 33.6 Å². The highest BCUT2D eigenvalue weighted by Crippen LogP contribution is 2.27. The van der Waals surface area contributed by atoms with Gasteiger partial charge in [0.05, 0.1) is 5.69 Å². The fourth-order valence-corrected chi connectivity index (χ4v) is 3.86. The summed E-state index contributed by atoms with van der Waals surface area (Å²) in [5, 5.41) is 1.10. The Hall–Kier alpha value is -2.69. The van der Waals surface area contributed by atoms with Crippen molar-refractivity contribution in [3.63, 3.8) is 0 Å². The second-order valence-electron chi connectivity index (χ2n) is 7.17. The quantitative estimate of drug-likeness (QED) is 0.721. The van der Waals surface area contributed by atoms with Gasteiger partial charge in [-0.25, -0.2) is 4.98 Å². The number of piperidine rings is 1. The molecule has 134 valence electrons. The van der Waals surface area contributed by atoms with Gasteiger partial charge in [0.25, 0.3) is 0 Å². The second kappa shape index (κ2) is 7.28. The number of amides is 1. The van der Waals surface area contributed by atoms with Crippen LogP contribution in [0.5, 0.6) is 0 Å². The van der Waals surface area contributed by atoms with E-state index in [4.69, 9.17) is 0 Å². The molecule has 26 heavy (non-hydrogen) atoms. The predicted molar refractivity (Wildman–Crippen MR) is 103 cm³/mol. The molecule has 1 amide bonds. The summed E-state index contributed by atoms with van der Waals surface area (Å²) < 4.78 is 2.16. The van der Waals surface area contributed by atoms with Crippen molar-refractivity contribution in [2.24, 2.45) is 5.92 Å². The number of nitrogens with zero attached hydrogens (tertiary/aromatic N) is 4. The minimum absolute atomic E-state index is 0.245. The van der Waals surface area contributed by atoms with E-state index >= 15 is 0 Å². The summed E-state index contributed by atoms with van der Waals surface area (Å²) in [6.07, 6.45) is 8.25. The molecule has 1 atom stereocenters. The summed E-state index contributed by atoms with van der Waals surface area (Å²) in [5.74, 6) is 0.851. The van der Waals surface area contributed by atoms with Gasteiger partial charge in [-0.3, -0.25) is 9.78 Å². The van der Waals surface area contributed by atoms with E-state index in [1.807, 2.05) is 29.3 Å². The summed E-state index contributed by atoms with van der Waals surface area (Å²) in [4.78, 5) is 23.4. The van der Waals surface area contributed by atoms with E-state index in [-0.39, 0.29) is 5.91 Å². The smallest absolute Gasteiger partial charge is 0.224 e. The van der Waals surface area contributed by atoms with Crippen molar-refractivity contribution in [3.05, 3.63) is 48.9 Å². The van der Waals surface area contributed by atoms with Crippen LogP contribution in [0.1, 0.15) is 26.2 Å². The normalized spacial score (nSPS) is 17.6. The minimum atomic E-state index is 0.245. The maximum absolute atomic E-state index is 12.7. The monoisotopic (exact) mass is 348 g/mol. The number of pyridine rings is 2. The molecule has 0 unspecified atom stereocenters. The van der Waals surface area contributed by atoms with Crippen LogP contribution in [0.2, 0.25) is 0 Å². The average molecular weight is 348 g/mol. The van der Waals surface area contributed by atoms with Crippen LogP contribution in [0.4, 0.5) is 0 Å². The molecule has 1 fully saturated rings. The van der Waals surface area contributed by atoms with Crippen LogP contribution in [-0.4, -0.2) is 38.4 Å². The minimum Gasteiger partial charge on any atom is -0.342 e. The molecular weight excluding hydrogens is 324 g/mol. The van der Waals surface area contributed by atoms with Gasteiger partial charge < -0.3 is 9.47 Å². The summed E-state index contributed by atoms with van der Waals surface area (Å²) in [7, 11) is 0. The standard InChI is InChI=1S/C21H24N4O/c1-16-4-3-12-24(15-16)20(26)8-13-25-19(17-6-10-22-11-7-17)14-18-5-2-9-23-21(18)25/h2,5-7,9-11,14,16H,3-4,8,12-13,15H2,1H3/t16-/m0/s1. The van der Waals surface area contributed by atoms with Gasteiger partial charge in [0.2, 0.25) is 5.91 Å². The lowest BCUT2D eigenvalue weighted by molar-refractivity contribution is -0.133. The number of aromatic nitrogens is 3. The number of hydrogen-bond donors (Lipinski definition) is 0. The number of carbonyl (C=O) groups excluding carboxylic acids is 1. The number of aryl methyl sites for hydroxylation is 1. The maximum atomic E-state index is 12.7. The first kappa shape index (κ1) is 16.8. The SMILES string of the molecule is C[C@H]1CCCN(C(=O)CCn2c(-c3ccncc3)cc3cccnc32)C1. The summed E-state index contributed by atoms with van der Waals surface area (Å²) in [5.41, 5.74) is 3.11. The largest absolute Gasteiger partial charge is 0.342 e. The fraction of sp³-hybridized carbons (Fsp3) is 0.381. The van der Waals surface area contributed by atoms with Crippen LogP contribution < -0.4 is 0 Å². The summed E-state index contributed by atoms with van der Waals surface area (Å²) in [6.45, 7) is 4.65. The van der Waals surface area contributed by atoms with Gasteiger partial charge in [-0.15, -0.1) is 0 Å². The van der Waals surface area contributed by atoms with Crippen molar-refractivity contribution in [3.8, 4) is 11.3 Å². The summed E-state index contributed by atoms with van der Waals surface area (Å²) in [6, 6.07) is 10.2. The molecule has 1 aliphatic heterocycles. The fourth-order valence-electron chi connectivity index (χ4n) is 3.86. The van der Waals surface area contributed by atoms with Gasteiger partial charge in [0.1, 0.15) is 5.65 Å². The lowest BCUT2D eigenvalue weighted by atomic mass is 10.00. The third-order valence-electron chi connectivity index (χ3n) is 5.19. The number of rotatable bonds is 4. The average Bonchev–Trinajstić information content (AvgIpc) is 3.05. The van der Waals surface area contributed by atoms with Crippen LogP contribution in [0.3, 0.4) is 0 Å². The lowest BCUT2D eigenvalue weighted by Gasteiger charge is -2.31. The van der Waals surface area contributed by atoms with E-state index in [0.717, 1.165) is 41.8 Å². The van der Waals surface area contributed by atoms with Crippen LogP contribution >= 0.6 is 0 Å². The molecule has 4 heterocycles. The highest BCUT2D eigenvalue weighted by atomic mass is 16.2. The third-order valence-corrected chi connectivity index (χ3v) is 5.19. The molecule has 0 aromatic carbocycles. The first-order valence-corrected chi connectivity index (χ1v) is 9.35. The van der Waals surface area contributed by atoms with Crippen LogP contribution in [0.15, 0.2) is 48.9 Å². The zero-order valence-electron chi connectivity index (χ0n) is 15.1. The Balaban J connectivity index is 1.60. The van der Waals surface area contributed by atoms with Gasteiger partial charge in [0.15, 0.2) is 0 Å². The molecule has 0 spiro atoms. The van der Waals surface area contributed by atoms with E-state index in [9.17, 15) is 4.79 Å². The zero-order chi connectivity index (χ0) is 17.9. The molecule has 5 heteroatoms. The van der Waals surface area contributed by atoms with Crippen molar-refractivity contribution in [1.29, 1.82) is 0 Å². The molecule has 4 rings (SSSR count). The molecule has 0 radical (unpaired) electrons. The van der Waals surface area contributed by atoms with E-state index in [1.54, 1.807) is 12.4 Å². The van der Waals surface area contributed by atoms with Crippen molar-refractivity contribution < 1.29 is 4.79 Å². The van der Waals surface area contributed by atoms with E-state index in [0.29, 0.717) is 18.9 Å². The maximum Gasteiger partial charge on any atom is 0.224 e. The molecule has 0 aliphatic carbocycles. The van der Waals surface area contributed by atoms with Gasteiger partial charge in [-0.1, -0.05) is 6.92 Å². The molecule has 0 N–H and O–H groups in total. The van der Waals surface area contributed by atoms with Gasteiger partial charge in [-0.2, -0.15) is 0 Å². The van der Waals surface area contributed by atoms with Crippen LogP contribution in [-0.2, 0) is 11.3 Å². The predicted octanol–water partition coefficient (Wildman–Crippen LogP) is 3.75. The molecule has 0 saturated carbocycles. The van der Waals surface area contributed by atoms with Gasteiger partial charge in [0, 0.05) is 55.6 Å². The molecule has 3 aromatic rings. The van der Waals surface area contributed by atoms with Crippen molar-refractivity contribution >= 4 is 16.9 Å². The molecule has 1 saturated heterocycles. The Morgan fingerprint density at radius 2 is 2.08 bits per heavy atom. The first-order valence-electron chi connectivity index (χ1n) is 9.35. The molecule has 0 bridgehead atoms. The van der Waals surface area contributed by atoms with Gasteiger partial charge >= 0.3 is 0 Å². The van der Waals surface area contributed by atoms with Crippen molar-refractivity contribution in [2.75, 3.05) is 13.1 Å². The number of carbonyl (C=O) groups is 1. The number of fused-ring (bicyclic) bond motifs is 1. The van der Waals surface area contributed by atoms with E-state index in [1.165, 1.54) is 6.42 Å². The van der Waals surface area contributed by atoms with Crippen molar-refractivity contribution in [2.45, 2.75) is 32.7 Å². The molecule has 1 aliphatic rings. The molecular formula is C21H24N4O. The van der Waals surface area contributed by atoms with Crippen LogP contribution in [0.25, 0.3) is 22.3 Å². The Morgan fingerprint density at radius 1 is 1.23 bits per heavy atom. The van der Waals surface area contributed by atoms with Gasteiger partial charge in [-0.05, 0) is 49.1 Å². The topological polar surface area (TPSA) is 51.0 Å². The molecule has 5 nitrogen and oxygen atoms in total. The number of hydrogen-bond acceptors (Lipinski definition) is 3. The Kier molecular flexibility index (Phi) is 4.69. The number of likely N-dealkylation sites (tertiary alicyclic amines) is 1. The first-order chi connectivity index (χ1) is 12.7. The Bertz CT molecular complexity index is 903. The second-order valence-corrected chi connectivity index (χ2v) is 7.17. The van der Waals surface area contributed by atoms with E-state index < -0.39 is 0 Å². The Labute approximate surface area is 153 Å². The lowest BCUT2D eigenvalue weighted by Crippen LogP contribution is -2.39. The highest BCUT2D eigenvalue weighted by molar-refractivity contribution is 5.84. The summed E-state index contributed by atoms with van der Waals surface area (Å²) >= 11 is 0. The van der Waals surface area contributed by atoms with Crippen molar-refractivity contribution in [1.82, 2.24) is 19.4 Å².